The van der Waals surface area contributed by atoms with Crippen molar-refractivity contribution in [3.05, 3.63) is 175 Å². The standard InChI is InChI=1S/C44H38N4O6/c1-41(2)35-9-5-7-11-37(35)45(43(41)23-21-31-25-33(47(49)50)17-19-39(31)53-43)27-29-13-15-30(16-14-29)28-46-38-12-8-6-10-36(38)42(3,4)44(46)24-22-32-26-34(48(51)52)18-20-40(32)54-44/h5-26H,27-28H2,1-4H3. The van der Waals surface area contributed by atoms with E-state index < -0.39 is 22.3 Å². The first-order valence-electron chi connectivity index (χ1n) is 18.0. The molecule has 2 spiro atoms. The summed E-state index contributed by atoms with van der Waals surface area (Å²) in [5, 5.41) is 23.0. The summed E-state index contributed by atoms with van der Waals surface area (Å²) in [5.74, 6) is 1.21. The lowest BCUT2D eigenvalue weighted by Crippen LogP contribution is -2.59. The largest absolute Gasteiger partial charge is 0.463 e. The second-order valence-electron chi connectivity index (χ2n) is 15.5. The van der Waals surface area contributed by atoms with Crippen molar-refractivity contribution >= 4 is 34.9 Å². The van der Waals surface area contributed by atoms with Gasteiger partial charge in [-0.3, -0.25) is 20.2 Å². The van der Waals surface area contributed by atoms with Crippen LogP contribution in [-0.4, -0.2) is 21.3 Å². The van der Waals surface area contributed by atoms with E-state index in [2.05, 4.69) is 98.2 Å². The molecule has 0 aliphatic carbocycles. The Hall–Kier alpha value is -6.42. The van der Waals surface area contributed by atoms with E-state index in [0.29, 0.717) is 35.7 Å². The number of rotatable bonds is 6. The Bertz CT molecular complexity index is 2280. The number of benzene rings is 5. The van der Waals surface area contributed by atoms with Crippen molar-refractivity contribution in [2.75, 3.05) is 9.80 Å². The van der Waals surface area contributed by atoms with Crippen LogP contribution in [0.2, 0.25) is 0 Å². The van der Waals surface area contributed by atoms with Crippen molar-refractivity contribution in [2.24, 2.45) is 0 Å². The molecule has 10 nitrogen and oxygen atoms in total. The van der Waals surface area contributed by atoms with E-state index in [9.17, 15) is 20.2 Å². The Morgan fingerprint density at radius 2 is 0.944 bits per heavy atom. The van der Waals surface area contributed by atoms with E-state index >= 15 is 0 Å². The number of ether oxygens (including phenoxy) is 2. The van der Waals surface area contributed by atoms with Crippen molar-refractivity contribution in [3.8, 4) is 11.5 Å². The molecule has 0 saturated heterocycles. The Balaban J connectivity index is 1.04. The van der Waals surface area contributed by atoms with Crippen molar-refractivity contribution in [1.29, 1.82) is 0 Å². The molecule has 54 heavy (non-hydrogen) atoms. The number of nitro groups is 2. The van der Waals surface area contributed by atoms with Gasteiger partial charge in [-0.05, 0) is 98.5 Å². The van der Waals surface area contributed by atoms with Gasteiger partial charge in [-0.25, -0.2) is 0 Å². The number of hydrogen-bond acceptors (Lipinski definition) is 8. The molecule has 5 aromatic carbocycles. The molecule has 4 aliphatic heterocycles. The van der Waals surface area contributed by atoms with Crippen LogP contribution in [0.25, 0.3) is 12.2 Å². The summed E-state index contributed by atoms with van der Waals surface area (Å²) in [5.41, 5.74) is 5.40. The molecule has 4 aliphatic rings. The van der Waals surface area contributed by atoms with Crippen LogP contribution in [0.3, 0.4) is 0 Å². The summed E-state index contributed by atoms with van der Waals surface area (Å²) < 4.78 is 13.9. The number of fused-ring (bicyclic) bond motifs is 4. The van der Waals surface area contributed by atoms with Gasteiger partial charge in [0, 0.05) is 59.9 Å². The predicted molar refractivity (Wildman–Crippen MR) is 209 cm³/mol. The van der Waals surface area contributed by atoms with Gasteiger partial charge < -0.3 is 19.3 Å². The van der Waals surface area contributed by atoms with Crippen LogP contribution in [-0.2, 0) is 23.9 Å². The van der Waals surface area contributed by atoms with Gasteiger partial charge in [-0.2, -0.15) is 0 Å². The normalized spacial score (nSPS) is 21.9. The highest BCUT2D eigenvalue weighted by molar-refractivity contribution is 5.75. The van der Waals surface area contributed by atoms with Crippen LogP contribution in [0.1, 0.15) is 61.1 Å². The number of nitro benzene ring substituents is 2. The molecule has 5 aromatic rings. The lowest BCUT2D eigenvalue weighted by molar-refractivity contribution is -0.385. The minimum atomic E-state index is -0.878. The summed E-state index contributed by atoms with van der Waals surface area (Å²) in [7, 11) is 0. The molecule has 10 heteroatoms. The molecule has 0 radical (unpaired) electrons. The van der Waals surface area contributed by atoms with Gasteiger partial charge in [0.2, 0.25) is 11.4 Å². The van der Waals surface area contributed by atoms with Crippen LogP contribution < -0.4 is 19.3 Å². The molecular formula is C44H38N4O6. The average Bonchev–Trinajstić information content (AvgIpc) is 3.45. The van der Waals surface area contributed by atoms with Crippen LogP contribution in [0.15, 0.2) is 121 Å². The summed E-state index contributed by atoms with van der Waals surface area (Å²) in [4.78, 5) is 26.8. The molecular weight excluding hydrogens is 681 g/mol. The third-order valence-electron chi connectivity index (χ3n) is 12.0. The summed E-state index contributed by atoms with van der Waals surface area (Å²) >= 11 is 0. The minimum Gasteiger partial charge on any atom is -0.463 e. The molecule has 0 bridgehead atoms. The maximum Gasteiger partial charge on any atom is 0.270 e. The zero-order valence-corrected chi connectivity index (χ0v) is 30.4. The Labute approximate surface area is 312 Å². The van der Waals surface area contributed by atoms with Crippen molar-refractivity contribution in [3.63, 3.8) is 0 Å². The maximum absolute atomic E-state index is 11.5. The second-order valence-corrected chi connectivity index (χ2v) is 15.5. The predicted octanol–water partition coefficient (Wildman–Crippen LogP) is 9.70. The Morgan fingerprint density at radius 3 is 1.33 bits per heavy atom. The molecule has 0 N–H and O–H groups in total. The first-order chi connectivity index (χ1) is 25.8. The molecule has 0 saturated carbocycles. The van der Waals surface area contributed by atoms with Gasteiger partial charge in [0.25, 0.3) is 11.4 Å². The number of anilines is 2. The molecule has 0 fully saturated rings. The van der Waals surface area contributed by atoms with E-state index in [1.165, 1.54) is 12.1 Å². The van der Waals surface area contributed by atoms with Crippen LogP contribution in [0.4, 0.5) is 22.7 Å². The van der Waals surface area contributed by atoms with E-state index in [1.54, 1.807) is 24.3 Å². The lowest BCUT2D eigenvalue weighted by Gasteiger charge is -2.47. The molecule has 2 atom stereocenters. The first kappa shape index (κ1) is 33.4. The average molecular weight is 719 g/mol. The SMILES string of the molecule is CC1(C)c2ccccc2N(Cc2ccc(CN3c4ccccc4C(C)(C)C34C=Cc3cc([N+](=O)[O-])ccc3O4)cc2)C12C=Cc1cc([N+](=O)[O-])ccc1O2. The highest BCUT2D eigenvalue weighted by Crippen LogP contribution is 2.57. The van der Waals surface area contributed by atoms with E-state index in [4.69, 9.17) is 9.47 Å². The molecule has 2 unspecified atom stereocenters. The molecule has 270 valence electrons. The van der Waals surface area contributed by atoms with Crippen LogP contribution in [0.5, 0.6) is 11.5 Å². The lowest BCUT2D eigenvalue weighted by atomic mass is 9.76. The Kier molecular flexibility index (Phi) is 7.14. The molecule has 0 aromatic heterocycles. The zero-order chi connectivity index (χ0) is 37.6. The fourth-order valence-electron chi connectivity index (χ4n) is 8.93. The summed E-state index contributed by atoms with van der Waals surface area (Å²) in [6, 6.07) is 34.9. The maximum atomic E-state index is 11.5. The fraction of sp³-hybridized carbons (Fsp3) is 0.227. The van der Waals surface area contributed by atoms with E-state index in [-0.39, 0.29) is 21.2 Å². The monoisotopic (exact) mass is 718 g/mol. The summed E-state index contributed by atoms with van der Waals surface area (Å²) in [6.45, 7) is 9.85. The fourth-order valence-corrected chi connectivity index (χ4v) is 8.93. The number of para-hydroxylation sites is 2. The molecule has 4 heterocycles. The number of non-ortho nitro benzene ring substituents is 2. The minimum absolute atomic E-state index is 0.0259. The number of hydrogen-bond donors (Lipinski definition) is 0. The zero-order valence-electron chi connectivity index (χ0n) is 30.4. The van der Waals surface area contributed by atoms with Crippen LogP contribution in [0, 0.1) is 20.2 Å². The van der Waals surface area contributed by atoms with Crippen molar-refractivity contribution in [2.45, 2.75) is 63.1 Å². The molecule has 9 rings (SSSR count). The van der Waals surface area contributed by atoms with E-state index in [1.807, 2.05) is 36.4 Å². The quantitative estimate of drug-likeness (QED) is 0.126. The highest BCUT2D eigenvalue weighted by Gasteiger charge is 2.60. The van der Waals surface area contributed by atoms with Gasteiger partial charge in [0.15, 0.2) is 0 Å². The topological polar surface area (TPSA) is 111 Å². The number of nitrogens with zero attached hydrogens (tertiary/aromatic N) is 4. The van der Waals surface area contributed by atoms with Crippen molar-refractivity contribution < 1.29 is 19.3 Å². The van der Waals surface area contributed by atoms with Crippen LogP contribution >= 0.6 is 0 Å². The smallest absolute Gasteiger partial charge is 0.270 e. The summed E-state index contributed by atoms with van der Waals surface area (Å²) in [6.07, 6.45) is 7.99. The van der Waals surface area contributed by atoms with Gasteiger partial charge in [0.05, 0.1) is 20.7 Å². The third kappa shape index (κ3) is 4.65. The Morgan fingerprint density at radius 1 is 0.556 bits per heavy atom. The van der Waals surface area contributed by atoms with Crippen molar-refractivity contribution in [1.82, 2.24) is 0 Å². The third-order valence-corrected chi connectivity index (χ3v) is 12.0. The highest BCUT2D eigenvalue weighted by atomic mass is 16.6. The van der Waals surface area contributed by atoms with Gasteiger partial charge in [-0.15, -0.1) is 0 Å². The van der Waals surface area contributed by atoms with Gasteiger partial charge in [0.1, 0.15) is 11.5 Å². The van der Waals surface area contributed by atoms with Gasteiger partial charge >= 0.3 is 0 Å². The van der Waals surface area contributed by atoms with E-state index in [0.717, 1.165) is 33.6 Å². The van der Waals surface area contributed by atoms with Gasteiger partial charge in [-0.1, -0.05) is 60.7 Å². The second kappa shape index (κ2) is 11.5. The first-order valence-corrected chi connectivity index (χ1v) is 18.0. The molecule has 0 amide bonds.